The van der Waals surface area contributed by atoms with Crippen molar-refractivity contribution in [2.24, 2.45) is 5.73 Å². The van der Waals surface area contributed by atoms with E-state index in [2.05, 4.69) is 5.32 Å². The maximum absolute atomic E-state index is 13.0. The van der Waals surface area contributed by atoms with Gasteiger partial charge in [-0.3, -0.25) is 9.59 Å². The summed E-state index contributed by atoms with van der Waals surface area (Å²) in [7, 11) is 0. The van der Waals surface area contributed by atoms with Gasteiger partial charge in [0.1, 0.15) is 11.9 Å². The Hall–Kier alpha value is -3.21. The van der Waals surface area contributed by atoms with Crippen molar-refractivity contribution in [2.75, 3.05) is 0 Å². The Labute approximate surface area is 144 Å². The summed E-state index contributed by atoms with van der Waals surface area (Å²) in [5, 5.41) is 4.41. The Balaban J connectivity index is 1.83. The molecule has 0 radical (unpaired) electrons. The molecule has 0 saturated carbocycles. The summed E-state index contributed by atoms with van der Waals surface area (Å²) in [6.07, 6.45) is 0.201. The van der Waals surface area contributed by atoms with Crippen LogP contribution >= 0.6 is 0 Å². The van der Waals surface area contributed by atoms with Crippen molar-refractivity contribution in [3.8, 4) is 0 Å². The molecule has 1 atom stereocenters. The molecule has 3 rings (SSSR count). The van der Waals surface area contributed by atoms with Crippen molar-refractivity contribution < 1.29 is 14.0 Å². The summed E-state index contributed by atoms with van der Waals surface area (Å²) in [4.78, 5) is 24.4. The van der Waals surface area contributed by atoms with E-state index >= 15 is 0 Å². The fourth-order valence-corrected chi connectivity index (χ4v) is 2.74. The molecule has 0 unspecified atom stereocenters. The van der Waals surface area contributed by atoms with E-state index in [0.29, 0.717) is 11.1 Å². The largest absolute Gasteiger partial charge is 0.368 e. The number of fused-ring (bicyclic) bond motifs is 1. The summed E-state index contributed by atoms with van der Waals surface area (Å²) in [6, 6.07) is 17.8. The molecule has 2 amide bonds. The predicted molar refractivity (Wildman–Crippen MR) is 94.5 cm³/mol. The van der Waals surface area contributed by atoms with Crippen LogP contribution in [-0.2, 0) is 11.2 Å². The molecule has 25 heavy (non-hydrogen) atoms. The number of primary amides is 1. The highest BCUT2D eigenvalue weighted by atomic mass is 19.1. The van der Waals surface area contributed by atoms with Gasteiger partial charge in [-0.25, -0.2) is 4.39 Å². The molecular formula is C20H17FN2O2. The van der Waals surface area contributed by atoms with Crippen molar-refractivity contribution in [1.82, 2.24) is 5.32 Å². The summed E-state index contributed by atoms with van der Waals surface area (Å²) in [5.41, 5.74) is 6.61. The van der Waals surface area contributed by atoms with Gasteiger partial charge in [0, 0.05) is 12.0 Å². The molecule has 126 valence electrons. The minimum atomic E-state index is -0.878. The van der Waals surface area contributed by atoms with E-state index in [0.717, 1.165) is 10.8 Å². The Morgan fingerprint density at radius 2 is 1.64 bits per heavy atom. The monoisotopic (exact) mass is 336 g/mol. The molecular weight excluding hydrogens is 319 g/mol. The molecule has 0 heterocycles. The molecule has 3 aromatic rings. The molecule has 3 N–H and O–H groups in total. The molecule has 0 fully saturated rings. The standard InChI is InChI=1S/C20H17FN2O2/c21-15-10-8-13(9-11-15)12-18(19(22)24)23-20(25)17-7-3-5-14-4-1-2-6-16(14)17/h1-11,18H,12H2,(H2,22,24)(H,23,25)/t18-/m1/s1. The third-order valence-corrected chi connectivity index (χ3v) is 4.04. The average Bonchev–Trinajstić information content (AvgIpc) is 2.62. The highest BCUT2D eigenvalue weighted by Gasteiger charge is 2.20. The maximum atomic E-state index is 13.0. The molecule has 4 nitrogen and oxygen atoms in total. The van der Waals surface area contributed by atoms with Gasteiger partial charge in [-0.2, -0.15) is 0 Å². The molecule has 3 aromatic carbocycles. The number of nitrogens with one attached hydrogen (secondary N) is 1. The molecule has 5 heteroatoms. The van der Waals surface area contributed by atoms with Gasteiger partial charge in [0.25, 0.3) is 5.91 Å². The van der Waals surface area contributed by atoms with Crippen molar-refractivity contribution in [2.45, 2.75) is 12.5 Å². The van der Waals surface area contributed by atoms with Gasteiger partial charge in [-0.1, -0.05) is 48.5 Å². The van der Waals surface area contributed by atoms with Gasteiger partial charge in [0.15, 0.2) is 0 Å². The topological polar surface area (TPSA) is 72.2 Å². The van der Waals surface area contributed by atoms with Crippen LogP contribution in [0.15, 0.2) is 66.7 Å². The summed E-state index contributed by atoms with van der Waals surface area (Å²) >= 11 is 0. The fraction of sp³-hybridized carbons (Fsp3) is 0.100. The first-order chi connectivity index (χ1) is 12.0. The van der Waals surface area contributed by atoms with E-state index < -0.39 is 11.9 Å². The second kappa shape index (κ2) is 7.13. The Bertz CT molecular complexity index is 917. The lowest BCUT2D eigenvalue weighted by Crippen LogP contribution is -2.45. The SMILES string of the molecule is NC(=O)[C@@H](Cc1ccc(F)cc1)NC(=O)c1cccc2ccccc12. The molecule has 0 aliphatic rings. The summed E-state index contributed by atoms with van der Waals surface area (Å²) in [5.74, 6) is -1.38. The fourth-order valence-electron chi connectivity index (χ4n) is 2.74. The lowest BCUT2D eigenvalue weighted by atomic mass is 10.0. The summed E-state index contributed by atoms with van der Waals surface area (Å²) < 4.78 is 13.0. The first-order valence-corrected chi connectivity index (χ1v) is 7.87. The number of benzene rings is 3. The molecule has 0 aliphatic carbocycles. The molecule has 0 bridgehead atoms. The number of amides is 2. The Kier molecular flexibility index (Phi) is 4.75. The number of carbonyl (C=O) groups excluding carboxylic acids is 2. The quantitative estimate of drug-likeness (QED) is 0.752. The van der Waals surface area contributed by atoms with Crippen LogP contribution in [0.5, 0.6) is 0 Å². The number of hydrogen-bond donors (Lipinski definition) is 2. The van der Waals surface area contributed by atoms with Crippen molar-refractivity contribution in [1.29, 1.82) is 0 Å². The third kappa shape index (κ3) is 3.83. The van der Waals surface area contributed by atoms with Crippen LogP contribution in [0.3, 0.4) is 0 Å². The van der Waals surface area contributed by atoms with Gasteiger partial charge in [0.2, 0.25) is 5.91 Å². The first kappa shape index (κ1) is 16.6. The predicted octanol–water partition coefficient (Wildman–Crippen LogP) is 2.81. The lowest BCUT2D eigenvalue weighted by molar-refractivity contribution is -0.119. The van der Waals surface area contributed by atoms with Crippen molar-refractivity contribution in [3.05, 3.63) is 83.7 Å². The second-order valence-electron chi connectivity index (χ2n) is 5.79. The van der Waals surface area contributed by atoms with Crippen molar-refractivity contribution >= 4 is 22.6 Å². The van der Waals surface area contributed by atoms with Gasteiger partial charge >= 0.3 is 0 Å². The smallest absolute Gasteiger partial charge is 0.252 e. The first-order valence-electron chi connectivity index (χ1n) is 7.87. The van der Waals surface area contributed by atoms with Gasteiger partial charge in [-0.05, 0) is 34.5 Å². The van der Waals surface area contributed by atoms with Crippen molar-refractivity contribution in [3.63, 3.8) is 0 Å². The van der Waals surface area contributed by atoms with Crippen LogP contribution < -0.4 is 11.1 Å². The minimum Gasteiger partial charge on any atom is -0.368 e. The lowest BCUT2D eigenvalue weighted by Gasteiger charge is -2.16. The molecule has 0 spiro atoms. The van der Waals surface area contributed by atoms with Crippen LogP contribution in [-0.4, -0.2) is 17.9 Å². The van der Waals surface area contributed by atoms with E-state index in [9.17, 15) is 14.0 Å². The number of rotatable bonds is 5. The maximum Gasteiger partial charge on any atom is 0.252 e. The zero-order valence-electron chi connectivity index (χ0n) is 13.4. The van der Waals surface area contributed by atoms with Gasteiger partial charge in [0.05, 0.1) is 0 Å². The van der Waals surface area contributed by atoms with Gasteiger partial charge in [-0.15, -0.1) is 0 Å². The number of carbonyl (C=O) groups is 2. The summed E-state index contributed by atoms with van der Waals surface area (Å²) in [6.45, 7) is 0. The Morgan fingerprint density at radius 1 is 0.960 bits per heavy atom. The van der Waals surface area contributed by atoms with Gasteiger partial charge < -0.3 is 11.1 Å². The highest BCUT2D eigenvalue weighted by Crippen LogP contribution is 2.18. The molecule has 0 aliphatic heterocycles. The van der Waals surface area contributed by atoms with E-state index in [-0.39, 0.29) is 18.1 Å². The van der Waals surface area contributed by atoms with E-state index in [1.54, 1.807) is 24.3 Å². The van der Waals surface area contributed by atoms with Crippen LogP contribution in [0.2, 0.25) is 0 Å². The number of hydrogen-bond acceptors (Lipinski definition) is 2. The number of nitrogens with two attached hydrogens (primary N) is 1. The average molecular weight is 336 g/mol. The van der Waals surface area contributed by atoms with E-state index in [1.165, 1.54) is 12.1 Å². The molecule has 0 aromatic heterocycles. The second-order valence-corrected chi connectivity index (χ2v) is 5.79. The normalized spacial score (nSPS) is 11.9. The van der Waals surface area contributed by atoms with E-state index in [4.69, 9.17) is 5.73 Å². The zero-order chi connectivity index (χ0) is 17.8. The Morgan fingerprint density at radius 3 is 2.36 bits per heavy atom. The highest BCUT2D eigenvalue weighted by molar-refractivity contribution is 6.08. The van der Waals surface area contributed by atoms with Crippen LogP contribution in [0.1, 0.15) is 15.9 Å². The van der Waals surface area contributed by atoms with E-state index in [1.807, 2.05) is 30.3 Å². The molecule has 0 saturated heterocycles. The third-order valence-electron chi connectivity index (χ3n) is 4.04. The minimum absolute atomic E-state index is 0.201. The zero-order valence-corrected chi connectivity index (χ0v) is 13.4. The van der Waals surface area contributed by atoms with Crippen LogP contribution in [0, 0.1) is 5.82 Å². The number of halogens is 1. The van der Waals surface area contributed by atoms with Crippen LogP contribution in [0.4, 0.5) is 4.39 Å². The van der Waals surface area contributed by atoms with Crippen LogP contribution in [0.25, 0.3) is 10.8 Å².